The van der Waals surface area contributed by atoms with E-state index in [2.05, 4.69) is 10.3 Å². The van der Waals surface area contributed by atoms with Crippen LogP contribution < -0.4 is 5.32 Å². The molecule has 2 atom stereocenters. The van der Waals surface area contributed by atoms with Gasteiger partial charge in [-0.05, 0) is 45.9 Å². The minimum Gasteiger partial charge on any atom is -0.373 e. The van der Waals surface area contributed by atoms with Gasteiger partial charge < -0.3 is 10.1 Å². The Labute approximate surface area is 166 Å². The number of nitrogens with one attached hydrogen (secondary N) is 1. The summed E-state index contributed by atoms with van der Waals surface area (Å²) in [4.78, 5) is 17.2. The molecule has 3 rings (SSSR count). The Morgan fingerprint density at radius 1 is 1.21 bits per heavy atom. The maximum absolute atomic E-state index is 12.7. The van der Waals surface area contributed by atoms with Crippen LogP contribution in [0.25, 0.3) is 10.9 Å². The summed E-state index contributed by atoms with van der Waals surface area (Å²) in [5, 5.41) is 3.52. The number of aryl methyl sites for hydroxylation is 2. The average Bonchev–Trinajstić information content (AvgIpc) is 2.60. The van der Waals surface area contributed by atoms with Gasteiger partial charge in [-0.2, -0.15) is 4.31 Å². The fraction of sp³-hybridized carbons (Fsp3) is 0.500. The van der Waals surface area contributed by atoms with Gasteiger partial charge in [-0.3, -0.25) is 9.78 Å². The molecule has 2 aromatic rings. The Hall–Kier alpha value is -2.03. The van der Waals surface area contributed by atoms with Crippen molar-refractivity contribution in [1.82, 2.24) is 14.6 Å². The number of amides is 1. The molecule has 1 aliphatic heterocycles. The number of ether oxygens (including phenoxy) is 1. The lowest BCUT2D eigenvalue weighted by Gasteiger charge is -2.34. The third kappa shape index (κ3) is 4.68. The third-order valence-corrected chi connectivity index (χ3v) is 6.57. The SMILES string of the molecule is Cc1ccc2nc(C)cc(C(=O)NCCS(=O)(=O)N3C[C@H](C)O[C@@H](C)C3)c2c1. The molecule has 7 nitrogen and oxygen atoms in total. The second kappa shape index (κ2) is 8.14. The molecule has 0 unspecified atom stereocenters. The molecule has 1 aliphatic rings. The van der Waals surface area contributed by atoms with E-state index in [1.54, 1.807) is 6.07 Å². The van der Waals surface area contributed by atoms with E-state index in [0.29, 0.717) is 18.7 Å². The fourth-order valence-electron chi connectivity index (χ4n) is 3.54. The van der Waals surface area contributed by atoms with Crippen molar-refractivity contribution in [2.75, 3.05) is 25.4 Å². The molecule has 1 saturated heterocycles. The van der Waals surface area contributed by atoms with Crippen LogP contribution in [0.3, 0.4) is 0 Å². The second-order valence-electron chi connectivity index (χ2n) is 7.48. The van der Waals surface area contributed by atoms with Crippen molar-refractivity contribution < 1.29 is 17.9 Å². The zero-order valence-electron chi connectivity index (χ0n) is 16.7. The topological polar surface area (TPSA) is 88.6 Å². The number of benzene rings is 1. The van der Waals surface area contributed by atoms with E-state index < -0.39 is 10.0 Å². The van der Waals surface area contributed by atoms with Crippen molar-refractivity contribution >= 4 is 26.8 Å². The summed E-state index contributed by atoms with van der Waals surface area (Å²) in [6.07, 6.45) is -0.273. The van der Waals surface area contributed by atoms with Gasteiger partial charge in [-0.1, -0.05) is 11.6 Å². The first-order valence-corrected chi connectivity index (χ1v) is 11.1. The lowest BCUT2D eigenvalue weighted by atomic mass is 10.0. The summed E-state index contributed by atoms with van der Waals surface area (Å²) < 4.78 is 32.3. The zero-order valence-corrected chi connectivity index (χ0v) is 17.5. The normalized spacial score (nSPS) is 21.0. The molecule has 0 bridgehead atoms. The highest BCUT2D eigenvalue weighted by molar-refractivity contribution is 7.89. The molecule has 0 spiro atoms. The highest BCUT2D eigenvalue weighted by atomic mass is 32.2. The number of pyridine rings is 1. The van der Waals surface area contributed by atoms with E-state index in [1.165, 1.54) is 4.31 Å². The van der Waals surface area contributed by atoms with Crippen molar-refractivity contribution in [3.8, 4) is 0 Å². The third-order valence-electron chi connectivity index (χ3n) is 4.76. The van der Waals surface area contributed by atoms with Gasteiger partial charge in [0.05, 0.1) is 29.0 Å². The summed E-state index contributed by atoms with van der Waals surface area (Å²) in [5.74, 6) is -0.431. The van der Waals surface area contributed by atoms with Crippen molar-refractivity contribution in [3.05, 3.63) is 41.1 Å². The molecule has 2 heterocycles. The van der Waals surface area contributed by atoms with Crippen LogP contribution in [0.15, 0.2) is 24.3 Å². The Bertz CT molecular complexity index is 980. The minimum absolute atomic E-state index is 0.0516. The first-order valence-electron chi connectivity index (χ1n) is 9.45. The fourth-order valence-corrected chi connectivity index (χ4v) is 5.03. The number of fused-ring (bicyclic) bond motifs is 1. The summed E-state index contributed by atoms with van der Waals surface area (Å²) in [5.41, 5.74) is 3.03. The van der Waals surface area contributed by atoms with Gasteiger partial charge in [0.15, 0.2) is 0 Å². The predicted molar refractivity (Wildman–Crippen MR) is 109 cm³/mol. The highest BCUT2D eigenvalue weighted by Gasteiger charge is 2.30. The average molecular weight is 406 g/mol. The largest absolute Gasteiger partial charge is 0.373 e. The van der Waals surface area contributed by atoms with Crippen molar-refractivity contribution in [2.45, 2.75) is 39.9 Å². The van der Waals surface area contributed by atoms with Gasteiger partial charge in [0, 0.05) is 30.7 Å². The Balaban J connectivity index is 1.69. The highest BCUT2D eigenvalue weighted by Crippen LogP contribution is 2.20. The predicted octanol–water partition coefficient (Wildman–Crippen LogP) is 2.02. The summed E-state index contributed by atoms with van der Waals surface area (Å²) in [7, 11) is -3.46. The van der Waals surface area contributed by atoms with Gasteiger partial charge in [-0.15, -0.1) is 0 Å². The molecule has 28 heavy (non-hydrogen) atoms. The Kier molecular flexibility index (Phi) is 6.02. The molecule has 1 aromatic heterocycles. The summed E-state index contributed by atoms with van der Waals surface area (Å²) in [6.45, 7) is 8.24. The maximum Gasteiger partial charge on any atom is 0.252 e. The van der Waals surface area contributed by atoms with Crippen LogP contribution in [0.1, 0.15) is 35.5 Å². The smallest absolute Gasteiger partial charge is 0.252 e. The lowest BCUT2D eigenvalue weighted by molar-refractivity contribution is -0.0440. The van der Waals surface area contributed by atoms with Crippen molar-refractivity contribution in [2.24, 2.45) is 0 Å². The molecule has 1 N–H and O–H groups in total. The number of carbonyl (C=O) groups is 1. The molecule has 0 radical (unpaired) electrons. The van der Waals surface area contributed by atoms with Crippen LogP contribution in [0.4, 0.5) is 0 Å². The summed E-state index contributed by atoms with van der Waals surface area (Å²) >= 11 is 0. The van der Waals surface area contributed by atoms with E-state index in [-0.39, 0.29) is 30.4 Å². The van der Waals surface area contributed by atoms with Gasteiger partial charge in [0.1, 0.15) is 0 Å². The molecule has 0 aliphatic carbocycles. The van der Waals surface area contributed by atoms with E-state index in [0.717, 1.165) is 22.2 Å². The number of morpholine rings is 1. The van der Waals surface area contributed by atoms with Crippen LogP contribution >= 0.6 is 0 Å². The van der Waals surface area contributed by atoms with Crippen LogP contribution in [-0.2, 0) is 14.8 Å². The number of aromatic nitrogens is 1. The van der Waals surface area contributed by atoms with Gasteiger partial charge in [0.25, 0.3) is 5.91 Å². The number of rotatable bonds is 5. The number of carbonyl (C=O) groups excluding carboxylic acids is 1. The van der Waals surface area contributed by atoms with Crippen LogP contribution in [-0.4, -0.2) is 61.2 Å². The number of sulfonamides is 1. The first-order chi connectivity index (χ1) is 13.2. The standard InChI is InChI=1S/C20H27N3O4S/c1-13-5-6-19-17(9-13)18(10-14(2)22-19)20(24)21-7-8-28(25,26)23-11-15(3)27-16(4)12-23/h5-6,9-10,15-16H,7-8,11-12H2,1-4H3,(H,21,24)/t15-,16-/m0/s1. The molecular weight excluding hydrogens is 378 g/mol. The minimum atomic E-state index is -3.46. The van der Waals surface area contributed by atoms with Gasteiger partial charge >= 0.3 is 0 Å². The van der Waals surface area contributed by atoms with E-state index in [4.69, 9.17) is 4.74 Å². The van der Waals surface area contributed by atoms with Crippen LogP contribution in [0.2, 0.25) is 0 Å². The van der Waals surface area contributed by atoms with Crippen molar-refractivity contribution in [3.63, 3.8) is 0 Å². The molecule has 1 amide bonds. The number of hydrogen-bond donors (Lipinski definition) is 1. The molecule has 1 aromatic carbocycles. The molecule has 152 valence electrons. The maximum atomic E-state index is 12.7. The quantitative estimate of drug-likeness (QED) is 0.822. The van der Waals surface area contributed by atoms with Crippen molar-refractivity contribution in [1.29, 1.82) is 0 Å². The monoisotopic (exact) mass is 405 g/mol. The first kappa shape index (κ1) is 20.7. The van der Waals surface area contributed by atoms with Gasteiger partial charge in [-0.25, -0.2) is 8.42 Å². The molecular formula is C20H27N3O4S. The molecule has 0 saturated carbocycles. The number of hydrogen-bond acceptors (Lipinski definition) is 5. The molecule has 8 heteroatoms. The Morgan fingerprint density at radius 2 is 1.89 bits per heavy atom. The van der Waals surface area contributed by atoms with Crippen LogP contribution in [0, 0.1) is 13.8 Å². The van der Waals surface area contributed by atoms with E-state index in [9.17, 15) is 13.2 Å². The Morgan fingerprint density at radius 3 is 2.57 bits per heavy atom. The van der Waals surface area contributed by atoms with E-state index >= 15 is 0 Å². The second-order valence-corrected chi connectivity index (χ2v) is 9.57. The molecule has 1 fully saturated rings. The van der Waals surface area contributed by atoms with Gasteiger partial charge in [0.2, 0.25) is 10.0 Å². The number of nitrogens with zero attached hydrogens (tertiary/aromatic N) is 2. The zero-order chi connectivity index (χ0) is 20.5. The lowest BCUT2D eigenvalue weighted by Crippen LogP contribution is -2.49. The van der Waals surface area contributed by atoms with E-state index in [1.807, 2.05) is 45.9 Å². The summed E-state index contributed by atoms with van der Waals surface area (Å²) in [6, 6.07) is 7.49. The van der Waals surface area contributed by atoms with Crippen LogP contribution in [0.5, 0.6) is 0 Å².